The molecule has 39 heavy (non-hydrogen) atoms. The van der Waals surface area contributed by atoms with Crippen LogP contribution >= 0.6 is 0 Å². The van der Waals surface area contributed by atoms with Crippen molar-refractivity contribution in [3.05, 3.63) is 0 Å². The first kappa shape index (κ1) is 30.9. The quantitative estimate of drug-likeness (QED) is 0.418. The molecule has 220 valence electrons. The highest BCUT2D eigenvalue weighted by Crippen LogP contribution is 2.65. The van der Waals surface area contributed by atoms with Crippen LogP contribution in [0.15, 0.2) is 0 Å². The third-order valence-electron chi connectivity index (χ3n) is 8.41. The van der Waals surface area contributed by atoms with Crippen molar-refractivity contribution >= 4 is 29.5 Å². The van der Waals surface area contributed by atoms with Crippen molar-refractivity contribution in [2.75, 3.05) is 6.54 Å². The van der Waals surface area contributed by atoms with E-state index in [0.717, 1.165) is 19.8 Å². The fourth-order valence-corrected chi connectivity index (χ4v) is 5.49. The van der Waals surface area contributed by atoms with Gasteiger partial charge in [-0.05, 0) is 48.9 Å². The van der Waals surface area contributed by atoms with Gasteiger partial charge in [0.05, 0.1) is 6.04 Å². The normalized spacial score (nSPS) is 25.7. The van der Waals surface area contributed by atoms with E-state index in [-0.39, 0.29) is 29.7 Å². The summed E-state index contributed by atoms with van der Waals surface area (Å²) in [5, 5.41) is 5.01. The average Bonchev–Trinajstić information content (AvgIpc) is 3.61. The van der Waals surface area contributed by atoms with Gasteiger partial charge in [-0.3, -0.25) is 19.2 Å². The maximum absolute atomic E-state index is 13.8. The predicted molar refractivity (Wildman–Crippen MR) is 134 cm³/mol. The molecule has 1 unspecified atom stereocenters. The van der Waals surface area contributed by atoms with Gasteiger partial charge in [-0.2, -0.15) is 13.2 Å². The lowest BCUT2D eigenvalue weighted by Crippen LogP contribution is -2.61. The number of likely N-dealkylation sites (tertiary alicyclic amines) is 1. The number of nitrogens with one attached hydrogen (secondary N) is 2. The van der Waals surface area contributed by atoms with Gasteiger partial charge >= 0.3 is 12.3 Å². The lowest BCUT2D eigenvalue weighted by Gasteiger charge is -2.38. The number of ketones is 2. The third-order valence-corrected chi connectivity index (χ3v) is 8.41. The van der Waals surface area contributed by atoms with E-state index in [4.69, 9.17) is 0 Å². The van der Waals surface area contributed by atoms with Crippen LogP contribution in [0.2, 0.25) is 0 Å². The maximum atomic E-state index is 13.8. The van der Waals surface area contributed by atoms with Gasteiger partial charge in [0.15, 0.2) is 5.78 Å². The summed E-state index contributed by atoms with van der Waals surface area (Å²) in [6, 6.07) is -3.25. The number of piperidine rings is 1. The van der Waals surface area contributed by atoms with Gasteiger partial charge in [0.1, 0.15) is 12.1 Å². The molecular formula is C27H40F3N3O6. The molecule has 0 spiro atoms. The lowest BCUT2D eigenvalue weighted by molar-refractivity contribution is -0.244. The molecule has 0 aromatic carbocycles. The number of hydrogen-bond donors (Lipinski definition) is 2. The van der Waals surface area contributed by atoms with E-state index in [1.54, 1.807) is 20.8 Å². The molecule has 0 aromatic rings. The molecule has 0 bridgehead atoms. The number of alkyl halides is 3. The minimum absolute atomic E-state index is 0.0145. The highest BCUT2D eigenvalue weighted by Gasteiger charge is 2.70. The Morgan fingerprint density at radius 3 is 2.03 bits per heavy atom. The smallest absolute Gasteiger partial charge is 0.427 e. The molecule has 0 aromatic heterocycles. The Morgan fingerprint density at radius 1 is 1.00 bits per heavy atom. The van der Waals surface area contributed by atoms with Crippen molar-refractivity contribution in [3.8, 4) is 0 Å². The molecule has 3 aliphatic rings. The number of Topliss-reactive ketones (excluding diaryl/α,β-unsaturated/α-hetero) is 2. The van der Waals surface area contributed by atoms with E-state index in [2.05, 4.69) is 15.4 Å². The fraction of sp³-hybridized carbons (Fsp3) is 0.815. The highest BCUT2D eigenvalue weighted by molar-refractivity contribution is 6.38. The van der Waals surface area contributed by atoms with Gasteiger partial charge in [-0.15, -0.1) is 0 Å². The van der Waals surface area contributed by atoms with Crippen molar-refractivity contribution in [1.29, 1.82) is 0 Å². The third kappa shape index (κ3) is 6.40. The first-order valence-electron chi connectivity index (χ1n) is 13.3. The second kappa shape index (κ2) is 10.1. The molecule has 2 N–H and O–H groups in total. The molecule has 3 amide bonds. The first-order valence-corrected chi connectivity index (χ1v) is 13.3. The Hall–Kier alpha value is -2.66. The van der Waals surface area contributed by atoms with Crippen molar-refractivity contribution in [2.45, 2.75) is 105 Å². The maximum Gasteiger partial charge on any atom is 0.427 e. The van der Waals surface area contributed by atoms with Gasteiger partial charge in [0.2, 0.25) is 23.2 Å². The summed E-state index contributed by atoms with van der Waals surface area (Å²) in [6.45, 7) is 11.6. The molecular weight excluding hydrogens is 519 g/mol. The topological polar surface area (TPSA) is 122 Å². The van der Waals surface area contributed by atoms with E-state index < -0.39 is 64.8 Å². The number of alkyl carbamates (subject to hydrolysis) is 1. The molecule has 1 saturated heterocycles. The van der Waals surface area contributed by atoms with Gasteiger partial charge in [0.25, 0.3) is 0 Å². The van der Waals surface area contributed by atoms with E-state index in [1.807, 2.05) is 13.8 Å². The minimum atomic E-state index is -4.83. The molecule has 12 heteroatoms. The summed E-state index contributed by atoms with van der Waals surface area (Å²) in [6.07, 6.45) is -4.08. The van der Waals surface area contributed by atoms with Gasteiger partial charge < -0.3 is 20.3 Å². The van der Waals surface area contributed by atoms with Crippen molar-refractivity contribution in [2.24, 2.45) is 28.6 Å². The number of nitrogens with zero attached hydrogens (tertiary/aromatic N) is 1. The van der Waals surface area contributed by atoms with Crippen LogP contribution in [0, 0.1) is 28.6 Å². The van der Waals surface area contributed by atoms with Crippen molar-refractivity contribution in [3.63, 3.8) is 0 Å². The molecule has 0 radical (unpaired) electrons. The summed E-state index contributed by atoms with van der Waals surface area (Å²) < 4.78 is 44.4. The Labute approximate surface area is 226 Å². The lowest BCUT2D eigenvalue weighted by atomic mass is 9.85. The number of amides is 3. The number of fused-ring (bicyclic) bond motifs is 1. The van der Waals surface area contributed by atoms with Crippen LogP contribution in [0.1, 0.15) is 74.7 Å². The van der Waals surface area contributed by atoms with Crippen LogP contribution in [0.4, 0.5) is 18.0 Å². The Kier molecular flexibility index (Phi) is 7.97. The summed E-state index contributed by atoms with van der Waals surface area (Å²) in [5.74, 6) is -2.54. The molecule has 3 fully saturated rings. The Balaban J connectivity index is 1.83. The van der Waals surface area contributed by atoms with Crippen LogP contribution in [-0.4, -0.2) is 70.8 Å². The largest absolute Gasteiger partial charge is 0.434 e. The van der Waals surface area contributed by atoms with E-state index in [1.165, 1.54) is 4.90 Å². The van der Waals surface area contributed by atoms with E-state index in [9.17, 15) is 37.1 Å². The standard InChI is InChI=1S/C27H40F3N3O6/c1-13(34)19(35)16(11-14-9-10-14)31-21(36)18-17-15(25(17,5)6)12-33(18)22(37)20(24(2,3)4)32-23(38)39-26(7,8)27(28,29)30/h14-18,20H,9-12H2,1-8H3,(H,31,36)(H,32,38)/t15-,16?,17-,18-,20+/m0/s1. The van der Waals surface area contributed by atoms with Crippen molar-refractivity contribution < 1.29 is 41.9 Å². The number of hydrogen-bond acceptors (Lipinski definition) is 6. The molecule has 2 aliphatic carbocycles. The van der Waals surface area contributed by atoms with Crippen LogP contribution in [0.3, 0.4) is 0 Å². The summed E-state index contributed by atoms with van der Waals surface area (Å²) in [7, 11) is 0. The molecule has 5 atom stereocenters. The second-order valence-corrected chi connectivity index (χ2v) is 13.4. The zero-order valence-corrected chi connectivity index (χ0v) is 23.8. The van der Waals surface area contributed by atoms with Gasteiger partial charge in [0, 0.05) is 13.5 Å². The number of ether oxygens (including phenoxy) is 1. The number of carbonyl (C=O) groups excluding carboxylic acids is 5. The Morgan fingerprint density at radius 2 is 1.56 bits per heavy atom. The van der Waals surface area contributed by atoms with E-state index >= 15 is 0 Å². The number of carbonyl (C=O) groups is 5. The second-order valence-electron chi connectivity index (χ2n) is 13.4. The predicted octanol–water partition coefficient (Wildman–Crippen LogP) is 3.39. The number of halogens is 3. The van der Waals surface area contributed by atoms with E-state index in [0.29, 0.717) is 20.3 Å². The van der Waals surface area contributed by atoms with Crippen LogP contribution in [-0.2, 0) is 23.9 Å². The van der Waals surface area contributed by atoms with Crippen LogP contribution < -0.4 is 10.6 Å². The Bertz CT molecular complexity index is 1040. The van der Waals surface area contributed by atoms with Gasteiger partial charge in [-0.1, -0.05) is 47.5 Å². The highest BCUT2D eigenvalue weighted by atomic mass is 19.4. The summed E-state index contributed by atoms with van der Waals surface area (Å²) in [4.78, 5) is 65.7. The SMILES string of the molecule is CC(=O)C(=O)C(CC1CC1)NC(=O)[C@@H]1[C@@H]2[C@H](CN1C(=O)[C@@H](NC(=O)OC(C)(C)C(F)(F)F)C(C)(C)C)C2(C)C. The molecule has 1 aliphatic heterocycles. The first-order chi connectivity index (χ1) is 17.6. The molecule has 1 heterocycles. The zero-order valence-electron chi connectivity index (χ0n) is 23.8. The average molecular weight is 560 g/mol. The monoisotopic (exact) mass is 559 g/mol. The van der Waals surface area contributed by atoms with Crippen LogP contribution in [0.5, 0.6) is 0 Å². The van der Waals surface area contributed by atoms with Crippen LogP contribution in [0.25, 0.3) is 0 Å². The number of rotatable bonds is 9. The minimum Gasteiger partial charge on any atom is -0.434 e. The fourth-order valence-electron chi connectivity index (χ4n) is 5.49. The molecule has 3 rings (SSSR count). The van der Waals surface area contributed by atoms with Gasteiger partial charge in [-0.25, -0.2) is 4.79 Å². The zero-order chi connectivity index (χ0) is 29.9. The van der Waals surface area contributed by atoms with Crippen molar-refractivity contribution in [1.82, 2.24) is 15.5 Å². The molecule has 2 saturated carbocycles. The summed E-state index contributed by atoms with van der Waals surface area (Å²) >= 11 is 0. The summed E-state index contributed by atoms with van der Waals surface area (Å²) in [5.41, 5.74) is -3.99. The molecule has 9 nitrogen and oxygen atoms in total.